The van der Waals surface area contributed by atoms with Crippen molar-refractivity contribution in [3.05, 3.63) is 54.4 Å². The summed E-state index contributed by atoms with van der Waals surface area (Å²) in [5.74, 6) is -2.17. The van der Waals surface area contributed by atoms with Crippen molar-refractivity contribution in [3.63, 3.8) is 0 Å². The fourth-order valence-electron chi connectivity index (χ4n) is 2.40. The Morgan fingerprint density at radius 3 is 2.50 bits per heavy atom. The summed E-state index contributed by atoms with van der Waals surface area (Å²) in [6.45, 7) is -0.560. The summed E-state index contributed by atoms with van der Waals surface area (Å²) in [4.78, 5) is 31.3. The van der Waals surface area contributed by atoms with Crippen LogP contribution in [-0.2, 0) is 4.79 Å². The molecule has 0 unspecified atom stereocenters. The van der Waals surface area contributed by atoms with Gasteiger partial charge in [0.25, 0.3) is 5.91 Å². The number of carbonyl (C=O) groups is 2. The fraction of sp³-hybridized carbons (Fsp3) is 0.0588. The van der Waals surface area contributed by atoms with Crippen LogP contribution in [0.1, 0.15) is 10.4 Å². The topological polar surface area (TPSA) is 112 Å². The molecule has 1 heterocycles. The van der Waals surface area contributed by atoms with E-state index in [1.165, 1.54) is 12.4 Å². The second kappa shape index (κ2) is 6.33. The number of carbonyl (C=O) groups excluding carboxylic acids is 1. The summed E-state index contributed by atoms with van der Waals surface area (Å²) in [5.41, 5.74) is 1.66. The molecule has 0 aliphatic carbocycles. The molecule has 7 heteroatoms. The largest absolute Gasteiger partial charge is 0.506 e. The zero-order valence-electron chi connectivity index (χ0n) is 12.4. The van der Waals surface area contributed by atoms with Crippen molar-refractivity contribution < 1.29 is 19.8 Å². The maximum Gasteiger partial charge on any atom is 0.322 e. The summed E-state index contributed by atoms with van der Waals surface area (Å²) >= 11 is 0. The molecule has 0 spiro atoms. The average molecular weight is 323 g/mol. The van der Waals surface area contributed by atoms with Gasteiger partial charge in [0, 0.05) is 18.0 Å². The van der Waals surface area contributed by atoms with Crippen LogP contribution in [0.2, 0.25) is 0 Å². The number of aromatic hydroxyl groups is 1. The number of aromatic nitrogens is 2. The molecule has 3 aromatic rings. The molecule has 1 amide bonds. The molecule has 0 aliphatic heterocycles. The average Bonchev–Trinajstić information content (AvgIpc) is 2.60. The van der Waals surface area contributed by atoms with Crippen LogP contribution < -0.4 is 5.32 Å². The number of nitrogens with zero attached hydrogens (tertiary/aromatic N) is 2. The molecule has 120 valence electrons. The number of hydrogen-bond acceptors (Lipinski definition) is 5. The second-order valence-electron chi connectivity index (χ2n) is 5.01. The first-order valence-electron chi connectivity index (χ1n) is 7.10. The van der Waals surface area contributed by atoms with E-state index in [1.54, 1.807) is 30.3 Å². The number of phenolic OH excluding ortho intramolecular Hbond substituents is 1. The van der Waals surface area contributed by atoms with Crippen molar-refractivity contribution in [2.75, 3.05) is 6.54 Å². The summed E-state index contributed by atoms with van der Waals surface area (Å²) in [5, 5.41) is 21.6. The SMILES string of the molecule is O=C(O)CNC(=O)c1c(O)c(-c2ccccc2)cc2nccnc12. The van der Waals surface area contributed by atoms with Gasteiger partial charge in [-0.15, -0.1) is 0 Å². The van der Waals surface area contributed by atoms with E-state index in [-0.39, 0.29) is 16.8 Å². The van der Waals surface area contributed by atoms with Gasteiger partial charge >= 0.3 is 5.97 Å². The van der Waals surface area contributed by atoms with Gasteiger partial charge < -0.3 is 15.5 Å². The van der Waals surface area contributed by atoms with Gasteiger partial charge in [-0.3, -0.25) is 19.6 Å². The number of carboxylic acids is 1. The lowest BCUT2D eigenvalue weighted by Gasteiger charge is -2.12. The Labute approximate surface area is 136 Å². The lowest BCUT2D eigenvalue weighted by molar-refractivity contribution is -0.135. The summed E-state index contributed by atoms with van der Waals surface area (Å²) in [6.07, 6.45) is 2.88. The summed E-state index contributed by atoms with van der Waals surface area (Å²) in [6, 6.07) is 10.7. The van der Waals surface area contributed by atoms with E-state index in [1.807, 2.05) is 6.07 Å². The van der Waals surface area contributed by atoms with E-state index in [0.29, 0.717) is 16.6 Å². The number of rotatable bonds is 4. The van der Waals surface area contributed by atoms with Crippen molar-refractivity contribution in [1.29, 1.82) is 0 Å². The van der Waals surface area contributed by atoms with Crippen LogP contribution >= 0.6 is 0 Å². The van der Waals surface area contributed by atoms with Gasteiger partial charge in [0.1, 0.15) is 23.4 Å². The van der Waals surface area contributed by atoms with E-state index in [4.69, 9.17) is 5.11 Å². The third-order valence-corrected chi connectivity index (χ3v) is 3.45. The maximum absolute atomic E-state index is 12.4. The molecule has 7 nitrogen and oxygen atoms in total. The van der Waals surface area contributed by atoms with E-state index in [2.05, 4.69) is 15.3 Å². The molecular formula is C17H13N3O4. The van der Waals surface area contributed by atoms with Gasteiger partial charge in [-0.1, -0.05) is 30.3 Å². The van der Waals surface area contributed by atoms with Crippen LogP contribution in [-0.4, -0.2) is 38.6 Å². The van der Waals surface area contributed by atoms with Crippen LogP contribution in [0.25, 0.3) is 22.2 Å². The van der Waals surface area contributed by atoms with E-state index in [0.717, 1.165) is 0 Å². The number of amides is 1. The van der Waals surface area contributed by atoms with Crippen molar-refractivity contribution >= 4 is 22.9 Å². The third-order valence-electron chi connectivity index (χ3n) is 3.45. The molecule has 24 heavy (non-hydrogen) atoms. The molecule has 0 atom stereocenters. The Balaban J connectivity index is 2.20. The Hall–Kier alpha value is -3.48. The standard InChI is InChI=1S/C17H13N3O4/c21-13(22)9-20-17(24)14-15-12(18-6-7-19-15)8-11(16(14)23)10-4-2-1-3-5-10/h1-8,23H,9H2,(H,20,24)(H,21,22). The second-order valence-corrected chi connectivity index (χ2v) is 5.01. The molecule has 0 bridgehead atoms. The number of fused-ring (bicyclic) bond motifs is 1. The normalized spacial score (nSPS) is 10.5. The zero-order chi connectivity index (χ0) is 17.1. The lowest BCUT2D eigenvalue weighted by Crippen LogP contribution is -2.29. The van der Waals surface area contributed by atoms with Crippen LogP contribution in [0.5, 0.6) is 5.75 Å². The van der Waals surface area contributed by atoms with Gasteiger partial charge in [0.05, 0.1) is 5.52 Å². The lowest BCUT2D eigenvalue weighted by atomic mass is 9.99. The predicted octanol–water partition coefficient (Wildman–Crippen LogP) is 1.82. The Bertz CT molecular complexity index is 926. The summed E-state index contributed by atoms with van der Waals surface area (Å²) < 4.78 is 0. The third kappa shape index (κ3) is 2.87. The Kier molecular flexibility index (Phi) is 4.07. The van der Waals surface area contributed by atoms with Gasteiger partial charge in [-0.2, -0.15) is 0 Å². The molecule has 0 saturated carbocycles. The van der Waals surface area contributed by atoms with E-state index in [9.17, 15) is 14.7 Å². The van der Waals surface area contributed by atoms with Crippen molar-refractivity contribution in [3.8, 4) is 16.9 Å². The number of benzene rings is 2. The highest BCUT2D eigenvalue weighted by atomic mass is 16.4. The number of nitrogens with one attached hydrogen (secondary N) is 1. The first-order chi connectivity index (χ1) is 11.6. The van der Waals surface area contributed by atoms with Crippen LogP contribution in [0, 0.1) is 0 Å². The minimum absolute atomic E-state index is 0.0966. The smallest absolute Gasteiger partial charge is 0.322 e. The number of aliphatic carboxylic acids is 1. The highest BCUT2D eigenvalue weighted by Crippen LogP contribution is 2.36. The number of hydrogen-bond donors (Lipinski definition) is 3. The minimum Gasteiger partial charge on any atom is -0.506 e. The molecule has 0 radical (unpaired) electrons. The van der Waals surface area contributed by atoms with E-state index < -0.39 is 18.4 Å². The first-order valence-corrected chi connectivity index (χ1v) is 7.10. The quantitative estimate of drug-likeness (QED) is 0.675. The Morgan fingerprint density at radius 1 is 1.08 bits per heavy atom. The summed E-state index contributed by atoms with van der Waals surface area (Å²) in [7, 11) is 0. The molecule has 0 saturated heterocycles. The van der Waals surface area contributed by atoms with Crippen molar-refractivity contribution in [2.24, 2.45) is 0 Å². The van der Waals surface area contributed by atoms with Gasteiger partial charge in [-0.25, -0.2) is 0 Å². The van der Waals surface area contributed by atoms with Gasteiger partial charge in [0.15, 0.2) is 0 Å². The monoisotopic (exact) mass is 323 g/mol. The van der Waals surface area contributed by atoms with Gasteiger partial charge in [0.2, 0.25) is 0 Å². The van der Waals surface area contributed by atoms with E-state index >= 15 is 0 Å². The maximum atomic E-state index is 12.4. The highest BCUT2D eigenvalue weighted by molar-refractivity contribution is 6.10. The molecule has 2 aromatic carbocycles. The number of carboxylic acid groups (broad SMARTS) is 1. The van der Waals surface area contributed by atoms with Crippen LogP contribution in [0.3, 0.4) is 0 Å². The highest BCUT2D eigenvalue weighted by Gasteiger charge is 2.21. The van der Waals surface area contributed by atoms with Crippen LogP contribution in [0.15, 0.2) is 48.8 Å². The molecule has 0 fully saturated rings. The zero-order valence-corrected chi connectivity index (χ0v) is 12.4. The molecule has 3 N–H and O–H groups in total. The minimum atomic E-state index is -1.18. The van der Waals surface area contributed by atoms with Gasteiger partial charge in [-0.05, 0) is 11.6 Å². The van der Waals surface area contributed by atoms with Crippen LogP contribution in [0.4, 0.5) is 0 Å². The fourth-order valence-corrected chi connectivity index (χ4v) is 2.40. The Morgan fingerprint density at radius 2 is 1.79 bits per heavy atom. The molecule has 0 aliphatic rings. The molecule has 3 rings (SSSR count). The number of phenols is 1. The molecule has 1 aromatic heterocycles. The predicted molar refractivity (Wildman–Crippen MR) is 86.6 cm³/mol. The molecular weight excluding hydrogens is 310 g/mol. The first kappa shape index (κ1) is 15.4. The van der Waals surface area contributed by atoms with Crippen molar-refractivity contribution in [2.45, 2.75) is 0 Å². The van der Waals surface area contributed by atoms with Crippen molar-refractivity contribution in [1.82, 2.24) is 15.3 Å².